The molecule has 32 heavy (non-hydrogen) atoms. The van der Waals surface area contributed by atoms with E-state index in [2.05, 4.69) is 31.7 Å². The average Bonchev–Trinajstić information content (AvgIpc) is 3.17. The SMILES string of the molecule is O=C(NCCCCNc1cc(-c2ccccc2Cl)nc2c(Br)cnn12)c1cccc(Cl)c1. The molecule has 0 saturated heterocycles. The first-order valence-electron chi connectivity index (χ1n) is 10.1. The van der Waals surface area contributed by atoms with Crippen LogP contribution in [0.25, 0.3) is 16.9 Å². The van der Waals surface area contributed by atoms with Gasteiger partial charge in [0.25, 0.3) is 5.91 Å². The van der Waals surface area contributed by atoms with Crippen molar-refractivity contribution in [2.45, 2.75) is 12.8 Å². The first-order chi connectivity index (χ1) is 15.5. The van der Waals surface area contributed by atoms with Gasteiger partial charge in [-0.3, -0.25) is 4.79 Å². The number of nitrogens with one attached hydrogen (secondary N) is 2. The second-order valence-electron chi connectivity index (χ2n) is 7.13. The second kappa shape index (κ2) is 10.3. The molecule has 2 aromatic carbocycles. The lowest BCUT2D eigenvalue weighted by Crippen LogP contribution is -2.24. The molecule has 164 valence electrons. The normalized spacial score (nSPS) is 11.0. The summed E-state index contributed by atoms with van der Waals surface area (Å²) < 4.78 is 2.56. The zero-order valence-corrected chi connectivity index (χ0v) is 20.1. The van der Waals surface area contributed by atoms with E-state index in [0.29, 0.717) is 34.3 Å². The van der Waals surface area contributed by atoms with Crippen molar-refractivity contribution in [1.29, 1.82) is 0 Å². The fourth-order valence-corrected chi connectivity index (χ4v) is 4.04. The molecule has 2 aromatic heterocycles. The van der Waals surface area contributed by atoms with Crippen LogP contribution in [-0.4, -0.2) is 33.6 Å². The van der Waals surface area contributed by atoms with Crippen molar-refractivity contribution in [3.05, 3.63) is 80.9 Å². The standard InChI is InChI=1S/C23H20BrCl2N5O/c24-18-14-29-31-21(13-20(30-22(18)31)17-8-1-2-9-19(17)26)27-10-3-4-11-28-23(32)15-6-5-7-16(25)12-15/h1-2,5-9,12-14,27H,3-4,10-11H2,(H,28,32). The van der Waals surface area contributed by atoms with Gasteiger partial charge < -0.3 is 10.6 Å². The third-order valence-electron chi connectivity index (χ3n) is 4.86. The van der Waals surface area contributed by atoms with E-state index < -0.39 is 0 Å². The molecule has 0 saturated carbocycles. The van der Waals surface area contributed by atoms with E-state index >= 15 is 0 Å². The number of nitrogens with zero attached hydrogens (tertiary/aromatic N) is 3. The van der Waals surface area contributed by atoms with Crippen LogP contribution in [0.5, 0.6) is 0 Å². The van der Waals surface area contributed by atoms with E-state index in [1.807, 2.05) is 30.3 Å². The molecule has 0 atom stereocenters. The lowest BCUT2D eigenvalue weighted by atomic mass is 10.1. The molecule has 4 rings (SSSR count). The number of halogens is 3. The first-order valence-corrected chi connectivity index (χ1v) is 11.6. The molecule has 1 amide bonds. The number of rotatable bonds is 8. The molecular formula is C23H20BrCl2N5O. The lowest BCUT2D eigenvalue weighted by Gasteiger charge is -2.12. The minimum Gasteiger partial charge on any atom is -0.370 e. The van der Waals surface area contributed by atoms with Crippen molar-refractivity contribution >= 4 is 56.5 Å². The highest BCUT2D eigenvalue weighted by Crippen LogP contribution is 2.30. The van der Waals surface area contributed by atoms with Crippen molar-refractivity contribution in [3.8, 4) is 11.3 Å². The Labute approximate surface area is 204 Å². The summed E-state index contributed by atoms with van der Waals surface area (Å²) in [5, 5.41) is 11.9. The van der Waals surface area contributed by atoms with Gasteiger partial charge in [0, 0.05) is 40.3 Å². The summed E-state index contributed by atoms with van der Waals surface area (Å²) in [7, 11) is 0. The Morgan fingerprint density at radius 2 is 1.84 bits per heavy atom. The topological polar surface area (TPSA) is 71.3 Å². The van der Waals surface area contributed by atoms with Crippen molar-refractivity contribution in [3.63, 3.8) is 0 Å². The smallest absolute Gasteiger partial charge is 0.251 e. The number of hydrogen-bond donors (Lipinski definition) is 2. The molecule has 6 nitrogen and oxygen atoms in total. The van der Waals surface area contributed by atoms with Gasteiger partial charge in [-0.2, -0.15) is 9.61 Å². The molecule has 0 aliphatic carbocycles. The summed E-state index contributed by atoms with van der Waals surface area (Å²) in [5.41, 5.74) is 2.89. The van der Waals surface area contributed by atoms with Crippen LogP contribution < -0.4 is 10.6 Å². The number of anilines is 1. The minimum absolute atomic E-state index is 0.123. The Kier molecular flexibility index (Phi) is 7.29. The number of carbonyl (C=O) groups excluding carboxylic acids is 1. The van der Waals surface area contributed by atoms with Gasteiger partial charge in [0.05, 0.1) is 16.4 Å². The molecule has 9 heteroatoms. The van der Waals surface area contributed by atoms with E-state index in [1.165, 1.54) is 0 Å². The number of unbranched alkanes of at least 4 members (excludes halogenated alkanes) is 1. The van der Waals surface area contributed by atoms with Gasteiger partial charge in [-0.05, 0) is 53.0 Å². The van der Waals surface area contributed by atoms with Gasteiger partial charge >= 0.3 is 0 Å². The van der Waals surface area contributed by atoms with Crippen molar-refractivity contribution in [2.75, 3.05) is 18.4 Å². The van der Waals surface area contributed by atoms with Crippen LogP contribution >= 0.6 is 39.1 Å². The van der Waals surface area contributed by atoms with Crippen LogP contribution in [0.2, 0.25) is 10.0 Å². The van der Waals surface area contributed by atoms with Crippen LogP contribution in [0, 0.1) is 0 Å². The summed E-state index contributed by atoms with van der Waals surface area (Å²) >= 11 is 15.8. The second-order valence-corrected chi connectivity index (χ2v) is 8.83. The van der Waals surface area contributed by atoms with E-state index in [1.54, 1.807) is 35.0 Å². The molecule has 0 bridgehead atoms. The van der Waals surface area contributed by atoms with Gasteiger partial charge in [-0.15, -0.1) is 0 Å². The van der Waals surface area contributed by atoms with Crippen LogP contribution in [0.1, 0.15) is 23.2 Å². The number of benzene rings is 2. The Hall–Kier alpha value is -2.61. The summed E-state index contributed by atoms with van der Waals surface area (Å²) in [6.45, 7) is 1.29. The van der Waals surface area contributed by atoms with Crippen LogP contribution in [0.3, 0.4) is 0 Å². The summed E-state index contributed by atoms with van der Waals surface area (Å²) in [5.74, 6) is 0.695. The van der Waals surface area contributed by atoms with Gasteiger partial charge in [0.15, 0.2) is 5.65 Å². The van der Waals surface area contributed by atoms with E-state index in [4.69, 9.17) is 28.2 Å². The molecular weight excluding hydrogens is 513 g/mol. The zero-order chi connectivity index (χ0) is 22.5. The Bertz CT molecular complexity index is 1260. The lowest BCUT2D eigenvalue weighted by molar-refractivity contribution is 0.0953. The maximum Gasteiger partial charge on any atom is 0.251 e. The fourth-order valence-electron chi connectivity index (χ4n) is 3.27. The third-order valence-corrected chi connectivity index (χ3v) is 5.98. The molecule has 2 heterocycles. The maximum absolute atomic E-state index is 12.2. The number of carbonyl (C=O) groups is 1. The van der Waals surface area contributed by atoms with E-state index in [9.17, 15) is 4.79 Å². The average molecular weight is 533 g/mol. The molecule has 0 unspecified atom stereocenters. The Balaban J connectivity index is 1.37. The molecule has 0 aliphatic heterocycles. The largest absolute Gasteiger partial charge is 0.370 e. The maximum atomic E-state index is 12.2. The van der Waals surface area contributed by atoms with Gasteiger partial charge in [-0.1, -0.05) is 47.5 Å². The van der Waals surface area contributed by atoms with Gasteiger partial charge in [0.1, 0.15) is 5.82 Å². The monoisotopic (exact) mass is 531 g/mol. The third kappa shape index (κ3) is 5.23. The summed E-state index contributed by atoms with van der Waals surface area (Å²) in [6, 6.07) is 16.5. The van der Waals surface area contributed by atoms with Crippen molar-refractivity contribution in [2.24, 2.45) is 0 Å². The predicted octanol–water partition coefficient (Wildman–Crippen LogP) is 6.09. The molecule has 0 spiro atoms. The number of fused-ring (bicyclic) bond motifs is 1. The van der Waals surface area contributed by atoms with E-state index in [0.717, 1.165) is 34.4 Å². The number of hydrogen-bond acceptors (Lipinski definition) is 4. The highest BCUT2D eigenvalue weighted by molar-refractivity contribution is 9.10. The van der Waals surface area contributed by atoms with Crippen molar-refractivity contribution < 1.29 is 4.79 Å². The molecule has 0 fully saturated rings. The highest BCUT2D eigenvalue weighted by Gasteiger charge is 2.13. The van der Waals surface area contributed by atoms with Crippen LogP contribution in [0.4, 0.5) is 5.82 Å². The molecule has 0 aliphatic rings. The quantitative estimate of drug-likeness (QED) is 0.269. The van der Waals surface area contributed by atoms with Gasteiger partial charge in [-0.25, -0.2) is 4.98 Å². The van der Waals surface area contributed by atoms with E-state index in [-0.39, 0.29) is 5.91 Å². The molecule has 2 N–H and O–H groups in total. The zero-order valence-electron chi connectivity index (χ0n) is 17.0. The first kappa shape index (κ1) is 22.6. The Morgan fingerprint density at radius 3 is 2.66 bits per heavy atom. The Morgan fingerprint density at radius 1 is 1.03 bits per heavy atom. The summed E-state index contributed by atoms with van der Waals surface area (Å²) in [6.07, 6.45) is 3.41. The minimum atomic E-state index is -0.123. The van der Waals surface area contributed by atoms with Crippen LogP contribution in [0.15, 0.2) is 65.3 Å². The highest BCUT2D eigenvalue weighted by atomic mass is 79.9. The van der Waals surface area contributed by atoms with Crippen LogP contribution in [-0.2, 0) is 0 Å². The van der Waals surface area contributed by atoms with Gasteiger partial charge in [0.2, 0.25) is 0 Å². The fraction of sp³-hybridized carbons (Fsp3) is 0.174. The molecule has 4 aromatic rings. The number of aromatic nitrogens is 3. The van der Waals surface area contributed by atoms with Crippen molar-refractivity contribution in [1.82, 2.24) is 19.9 Å². The number of amides is 1. The molecule has 0 radical (unpaired) electrons. The predicted molar refractivity (Wildman–Crippen MR) is 133 cm³/mol. The summed E-state index contributed by atoms with van der Waals surface area (Å²) in [4.78, 5) is 16.9.